The molecule has 0 radical (unpaired) electrons. The van der Waals surface area contributed by atoms with Crippen LogP contribution >= 0.6 is 0 Å². The van der Waals surface area contributed by atoms with Gasteiger partial charge < -0.3 is 4.90 Å². The Bertz CT molecular complexity index is 1100. The number of hydrogen-bond donors (Lipinski definition) is 0. The summed E-state index contributed by atoms with van der Waals surface area (Å²) in [6.45, 7) is 3.03. The molecule has 0 spiro atoms. The van der Waals surface area contributed by atoms with E-state index in [-0.39, 0.29) is 23.1 Å². The van der Waals surface area contributed by atoms with Crippen molar-refractivity contribution in [1.82, 2.24) is 34.2 Å². The van der Waals surface area contributed by atoms with Crippen molar-refractivity contribution in [3.63, 3.8) is 0 Å². The maximum absolute atomic E-state index is 13.2. The first-order valence-electron chi connectivity index (χ1n) is 10.2. The van der Waals surface area contributed by atoms with Gasteiger partial charge in [0, 0.05) is 31.0 Å². The van der Waals surface area contributed by atoms with Crippen molar-refractivity contribution in [2.45, 2.75) is 44.7 Å². The minimum Gasteiger partial charge on any atom is -0.302 e. The molecule has 150 valence electrons. The predicted molar refractivity (Wildman–Crippen MR) is 107 cm³/mol. The molecule has 1 saturated heterocycles. The molecule has 0 bridgehead atoms. The van der Waals surface area contributed by atoms with Crippen LogP contribution in [0.1, 0.15) is 38.1 Å². The zero-order chi connectivity index (χ0) is 19.8. The highest BCUT2D eigenvalue weighted by Gasteiger charge is 2.31. The normalized spacial score (nSPS) is 17.7. The summed E-state index contributed by atoms with van der Waals surface area (Å²) in [6, 6.07) is 3.82. The highest BCUT2D eigenvalue weighted by molar-refractivity contribution is 5.58. The molecule has 2 fully saturated rings. The van der Waals surface area contributed by atoms with Crippen LogP contribution in [0, 0.1) is 0 Å². The molecule has 4 aliphatic rings. The first kappa shape index (κ1) is 18.1. The minimum atomic E-state index is -0.522. The summed E-state index contributed by atoms with van der Waals surface area (Å²) in [4.78, 5) is 40.9. The minimum absolute atomic E-state index is 0.159. The van der Waals surface area contributed by atoms with Gasteiger partial charge in [-0.05, 0) is 50.9 Å². The average Bonchev–Trinajstić information content (AvgIpc) is 3.60. The Morgan fingerprint density at radius 3 is 2.59 bits per heavy atom. The number of rotatable bonds is 5. The molecule has 5 rings (SSSR count). The smallest absolute Gasteiger partial charge is 0.302 e. The standard InChI is InChI=1S/C20H23N7O2/c28-19-16-18(23-20(29)26(19)12-11-25-9-2-1-3-10-25)27(15-6-7-15)24-17(22-16)14-5-4-8-21-13-14/h4-5,8,13,15H,1-3,6-7,9-12H2. The van der Waals surface area contributed by atoms with Crippen molar-refractivity contribution in [3.05, 3.63) is 45.4 Å². The summed E-state index contributed by atoms with van der Waals surface area (Å²) < 4.78 is 2.91. The van der Waals surface area contributed by atoms with Crippen LogP contribution in [0.2, 0.25) is 0 Å². The number of pyridine rings is 1. The van der Waals surface area contributed by atoms with Gasteiger partial charge in [0.15, 0.2) is 17.3 Å². The third-order valence-electron chi connectivity index (χ3n) is 5.63. The Hall–Kier alpha value is -2.94. The average molecular weight is 393 g/mol. The predicted octanol–water partition coefficient (Wildman–Crippen LogP) is 1.18. The summed E-state index contributed by atoms with van der Waals surface area (Å²) in [7, 11) is 0. The molecule has 1 saturated carbocycles. The van der Waals surface area contributed by atoms with E-state index in [4.69, 9.17) is 0 Å². The lowest BCUT2D eigenvalue weighted by Crippen LogP contribution is -2.42. The van der Waals surface area contributed by atoms with Gasteiger partial charge in [0.1, 0.15) is 0 Å². The number of aromatic nitrogens is 6. The van der Waals surface area contributed by atoms with Crippen LogP contribution in [0.5, 0.6) is 0 Å². The number of piperidine rings is 1. The van der Waals surface area contributed by atoms with Crippen LogP contribution in [0.15, 0.2) is 34.1 Å². The second-order valence-corrected chi connectivity index (χ2v) is 7.78. The number of hydrogen-bond acceptors (Lipinski definition) is 7. The monoisotopic (exact) mass is 393 g/mol. The highest BCUT2D eigenvalue weighted by atomic mass is 16.2. The molecule has 9 nitrogen and oxygen atoms in total. The van der Waals surface area contributed by atoms with Crippen molar-refractivity contribution >= 4 is 0 Å². The maximum atomic E-state index is 13.2. The van der Waals surface area contributed by atoms with Crippen LogP contribution in [0.4, 0.5) is 0 Å². The van der Waals surface area contributed by atoms with Crippen molar-refractivity contribution in [1.29, 1.82) is 0 Å². The van der Waals surface area contributed by atoms with Crippen LogP contribution in [0.25, 0.3) is 22.9 Å². The zero-order valence-corrected chi connectivity index (χ0v) is 16.2. The summed E-state index contributed by atoms with van der Waals surface area (Å²) in [5, 5.41) is 4.57. The van der Waals surface area contributed by atoms with Gasteiger partial charge in [-0.2, -0.15) is 10.1 Å². The number of nitrogens with zero attached hydrogens (tertiary/aromatic N) is 7. The van der Waals surface area contributed by atoms with Crippen molar-refractivity contribution < 1.29 is 0 Å². The molecule has 1 aliphatic carbocycles. The molecule has 0 unspecified atom stereocenters. The van der Waals surface area contributed by atoms with Gasteiger partial charge in [0.05, 0.1) is 6.04 Å². The SMILES string of the molecule is O=c1nc2n(C3CC3)nc(-c3cccnc3)nc-2c(=O)n1CCN1CCCCC1. The van der Waals surface area contributed by atoms with Gasteiger partial charge in [-0.3, -0.25) is 14.3 Å². The molecule has 0 N–H and O–H groups in total. The molecule has 0 amide bonds. The molecule has 0 aromatic carbocycles. The van der Waals surface area contributed by atoms with E-state index in [2.05, 4.69) is 25.0 Å². The van der Waals surface area contributed by atoms with Gasteiger partial charge >= 0.3 is 5.69 Å². The molecule has 1 aromatic rings. The summed E-state index contributed by atoms with van der Waals surface area (Å²) >= 11 is 0. The fraction of sp³-hybridized carbons (Fsp3) is 0.500. The van der Waals surface area contributed by atoms with Gasteiger partial charge in [0.2, 0.25) is 0 Å². The van der Waals surface area contributed by atoms with E-state index in [0.717, 1.165) is 44.3 Å². The molecule has 29 heavy (non-hydrogen) atoms. The van der Waals surface area contributed by atoms with Gasteiger partial charge in [-0.25, -0.2) is 14.5 Å². The highest BCUT2D eigenvalue weighted by Crippen LogP contribution is 2.36. The Morgan fingerprint density at radius 1 is 1.03 bits per heavy atom. The van der Waals surface area contributed by atoms with E-state index in [1.807, 2.05) is 6.07 Å². The molecular weight excluding hydrogens is 370 g/mol. The second kappa shape index (κ2) is 7.47. The quantitative estimate of drug-likeness (QED) is 0.642. The van der Waals surface area contributed by atoms with E-state index in [9.17, 15) is 9.59 Å². The fourth-order valence-corrected chi connectivity index (χ4v) is 3.86. The molecule has 9 heteroatoms. The van der Waals surface area contributed by atoms with Gasteiger partial charge in [-0.15, -0.1) is 0 Å². The Kier molecular flexibility index (Phi) is 4.67. The third-order valence-corrected chi connectivity index (χ3v) is 5.63. The van der Waals surface area contributed by atoms with E-state index >= 15 is 0 Å². The Balaban J connectivity index is 1.58. The topological polar surface area (TPSA) is 98.8 Å². The van der Waals surface area contributed by atoms with E-state index < -0.39 is 5.69 Å². The van der Waals surface area contributed by atoms with Crippen molar-refractivity contribution in [2.75, 3.05) is 19.6 Å². The first-order chi connectivity index (χ1) is 14.2. The van der Waals surface area contributed by atoms with Crippen LogP contribution in [-0.4, -0.2) is 53.8 Å². The number of likely N-dealkylation sites (tertiary alicyclic amines) is 1. The zero-order valence-electron chi connectivity index (χ0n) is 16.2. The lowest BCUT2D eigenvalue weighted by Gasteiger charge is -2.26. The first-order valence-corrected chi connectivity index (χ1v) is 10.2. The molecule has 3 aliphatic heterocycles. The molecule has 0 atom stereocenters. The largest absolute Gasteiger partial charge is 0.352 e. The van der Waals surface area contributed by atoms with Crippen LogP contribution in [0.3, 0.4) is 0 Å². The van der Waals surface area contributed by atoms with E-state index in [1.54, 1.807) is 23.1 Å². The van der Waals surface area contributed by atoms with Gasteiger partial charge in [-0.1, -0.05) is 6.42 Å². The maximum Gasteiger partial charge on any atom is 0.352 e. The number of fused-ring (bicyclic) bond motifs is 1. The second-order valence-electron chi connectivity index (χ2n) is 7.78. The van der Waals surface area contributed by atoms with E-state index in [1.165, 1.54) is 11.0 Å². The van der Waals surface area contributed by atoms with E-state index in [0.29, 0.717) is 18.9 Å². The third kappa shape index (κ3) is 3.57. The summed E-state index contributed by atoms with van der Waals surface area (Å²) in [5.74, 6) is 0.710. The lowest BCUT2D eigenvalue weighted by molar-refractivity contribution is 0.219. The van der Waals surface area contributed by atoms with Crippen molar-refractivity contribution in [3.8, 4) is 22.9 Å². The Labute approximate surface area is 167 Å². The van der Waals surface area contributed by atoms with Crippen LogP contribution < -0.4 is 11.2 Å². The Morgan fingerprint density at radius 2 is 1.86 bits per heavy atom. The molecule has 4 heterocycles. The van der Waals surface area contributed by atoms with Crippen molar-refractivity contribution in [2.24, 2.45) is 0 Å². The van der Waals surface area contributed by atoms with Gasteiger partial charge in [0.25, 0.3) is 5.56 Å². The molecular formula is C20H23N7O2. The molecule has 1 aromatic heterocycles. The summed E-state index contributed by atoms with van der Waals surface area (Å²) in [6.07, 6.45) is 8.84. The van der Waals surface area contributed by atoms with Crippen LogP contribution in [-0.2, 0) is 6.54 Å². The lowest BCUT2D eigenvalue weighted by atomic mass is 10.1. The summed E-state index contributed by atoms with van der Waals surface area (Å²) in [5.41, 5.74) is 0.0175. The fourth-order valence-electron chi connectivity index (χ4n) is 3.86.